The number of hydrogen-bond acceptors (Lipinski definition) is 4. The topological polar surface area (TPSA) is 88.0 Å². The van der Waals surface area contributed by atoms with Crippen LogP contribution in [0.2, 0.25) is 0 Å². The molecule has 0 unspecified atom stereocenters. The van der Waals surface area contributed by atoms with Crippen LogP contribution in [0.3, 0.4) is 0 Å². The van der Waals surface area contributed by atoms with Crippen molar-refractivity contribution in [1.82, 2.24) is 13.5 Å². The van der Waals surface area contributed by atoms with E-state index in [-0.39, 0.29) is 26.2 Å². The van der Waals surface area contributed by atoms with Gasteiger partial charge in [0, 0.05) is 0 Å². The Morgan fingerprint density at radius 2 is 2.06 bits per heavy atom. The SMILES string of the molecule is O=c1cc(O)nc(-n2[se]c3ccccc3c2=O)[nH]1. The zero-order valence-corrected chi connectivity index (χ0v) is 10.7. The Balaban J connectivity index is 2.35. The molecule has 0 aliphatic heterocycles. The molecule has 3 aromatic rings. The van der Waals surface area contributed by atoms with Crippen LogP contribution in [-0.4, -0.2) is 33.4 Å². The molecule has 6 nitrogen and oxygen atoms in total. The predicted molar refractivity (Wildman–Crippen MR) is 66.6 cm³/mol. The van der Waals surface area contributed by atoms with Crippen molar-refractivity contribution in [1.29, 1.82) is 0 Å². The molecule has 7 heteroatoms. The van der Waals surface area contributed by atoms with E-state index in [0.29, 0.717) is 5.39 Å². The van der Waals surface area contributed by atoms with Crippen LogP contribution in [0.5, 0.6) is 5.88 Å². The number of nitrogens with one attached hydrogen (secondary N) is 1. The number of nitrogens with zero attached hydrogens (tertiary/aromatic N) is 2. The third-order valence-electron chi connectivity index (χ3n) is 2.40. The first-order chi connectivity index (χ1) is 8.65. The summed E-state index contributed by atoms with van der Waals surface area (Å²) < 4.78 is 2.32. The van der Waals surface area contributed by atoms with Gasteiger partial charge < -0.3 is 0 Å². The van der Waals surface area contributed by atoms with Crippen LogP contribution in [0.4, 0.5) is 0 Å². The summed E-state index contributed by atoms with van der Waals surface area (Å²) in [5.41, 5.74) is -0.698. The van der Waals surface area contributed by atoms with Gasteiger partial charge in [-0.15, -0.1) is 0 Å². The zero-order valence-electron chi connectivity index (χ0n) is 8.95. The quantitative estimate of drug-likeness (QED) is 0.611. The Morgan fingerprint density at radius 3 is 2.78 bits per heavy atom. The van der Waals surface area contributed by atoms with Crippen molar-refractivity contribution in [3.63, 3.8) is 0 Å². The van der Waals surface area contributed by atoms with Gasteiger partial charge in [0.2, 0.25) is 0 Å². The average Bonchev–Trinajstić information content (AvgIpc) is 2.66. The fraction of sp³-hybridized carbons (Fsp3) is 0. The second kappa shape index (κ2) is 3.97. The first kappa shape index (κ1) is 11.0. The monoisotopic (exact) mass is 309 g/mol. The van der Waals surface area contributed by atoms with Gasteiger partial charge in [0.1, 0.15) is 0 Å². The summed E-state index contributed by atoms with van der Waals surface area (Å²) in [6, 6.07) is 8.21. The number of aromatic nitrogens is 3. The summed E-state index contributed by atoms with van der Waals surface area (Å²) in [6.07, 6.45) is 0. The molecule has 0 saturated heterocycles. The Hall–Kier alpha value is -2.11. The van der Waals surface area contributed by atoms with Crippen molar-refractivity contribution in [3.8, 4) is 11.8 Å². The van der Waals surface area contributed by atoms with E-state index in [9.17, 15) is 14.7 Å². The second-order valence-electron chi connectivity index (χ2n) is 3.61. The average molecular weight is 308 g/mol. The molecule has 0 fully saturated rings. The van der Waals surface area contributed by atoms with E-state index in [2.05, 4.69) is 9.97 Å². The molecular formula is C11H7N3O3Se. The van der Waals surface area contributed by atoms with Gasteiger partial charge in [-0.25, -0.2) is 0 Å². The standard InChI is InChI=1S/C11H7N3O3Se/c15-8-5-9(16)13-11(12-8)14-10(17)6-3-1-2-4-7(6)18-14/h1-5H,(H2,12,13,15,16). The van der Waals surface area contributed by atoms with Crippen molar-refractivity contribution in [2.75, 3.05) is 0 Å². The summed E-state index contributed by atoms with van der Waals surface area (Å²) in [4.78, 5) is 29.6. The van der Waals surface area contributed by atoms with E-state index in [4.69, 9.17) is 0 Å². The molecule has 0 spiro atoms. The number of benzene rings is 1. The number of H-pyrrole nitrogens is 1. The number of fused-ring (bicyclic) bond motifs is 1. The molecule has 2 aromatic heterocycles. The summed E-state index contributed by atoms with van der Waals surface area (Å²) in [6.45, 7) is 0. The van der Waals surface area contributed by atoms with Crippen molar-refractivity contribution >= 4 is 24.4 Å². The van der Waals surface area contributed by atoms with Crippen LogP contribution in [0.15, 0.2) is 39.9 Å². The van der Waals surface area contributed by atoms with Crippen LogP contribution < -0.4 is 11.1 Å². The summed E-state index contributed by atoms with van der Waals surface area (Å²) in [5, 5.41) is 9.91. The fourth-order valence-electron chi connectivity index (χ4n) is 1.64. The number of aromatic amines is 1. The zero-order chi connectivity index (χ0) is 12.7. The van der Waals surface area contributed by atoms with Crippen molar-refractivity contribution < 1.29 is 5.11 Å². The first-order valence-electron chi connectivity index (χ1n) is 5.07. The number of rotatable bonds is 1. The Kier molecular flexibility index (Phi) is 2.43. The normalized spacial score (nSPS) is 10.9. The molecule has 1 aromatic carbocycles. The molecule has 0 atom stereocenters. The van der Waals surface area contributed by atoms with Gasteiger partial charge in [0.05, 0.1) is 0 Å². The van der Waals surface area contributed by atoms with Crippen LogP contribution in [0.1, 0.15) is 0 Å². The van der Waals surface area contributed by atoms with E-state index < -0.39 is 11.4 Å². The second-order valence-corrected chi connectivity index (χ2v) is 5.69. The minimum absolute atomic E-state index is 0.0844. The van der Waals surface area contributed by atoms with Gasteiger partial charge in [-0.1, -0.05) is 0 Å². The predicted octanol–water partition coefficient (Wildman–Crippen LogP) is -0.163. The van der Waals surface area contributed by atoms with Crippen LogP contribution in [0, 0.1) is 0 Å². The van der Waals surface area contributed by atoms with Crippen LogP contribution >= 0.6 is 0 Å². The van der Waals surface area contributed by atoms with Crippen molar-refractivity contribution in [2.45, 2.75) is 0 Å². The molecule has 90 valence electrons. The summed E-state index contributed by atoms with van der Waals surface area (Å²) in [7, 11) is 0. The van der Waals surface area contributed by atoms with Gasteiger partial charge in [0.25, 0.3) is 0 Å². The van der Waals surface area contributed by atoms with Gasteiger partial charge in [-0.2, -0.15) is 0 Å². The van der Waals surface area contributed by atoms with E-state index in [0.717, 1.165) is 10.3 Å². The molecule has 0 aliphatic rings. The molecular weight excluding hydrogens is 301 g/mol. The van der Waals surface area contributed by atoms with Gasteiger partial charge in [0.15, 0.2) is 0 Å². The van der Waals surface area contributed by atoms with E-state index in [1.807, 2.05) is 12.1 Å². The van der Waals surface area contributed by atoms with E-state index >= 15 is 0 Å². The third kappa shape index (κ3) is 1.70. The molecule has 2 heterocycles. The molecule has 0 bridgehead atoms. The maximum atomic E-state index is 12.1. The van der Waals surface area contributed by atoms with Crippen molar-refractivity contribution in [3.05, 3.63) is 51.0 Å². The van der Waals surface area contributed by atoms with Gasteiger partial charge in [-0.05, 0) is 0 Å². The maximum absolute atomic E-state index is 12.1. The van der Waals surface area contributed by atoms with Crippen molar-refractivity contribution in [2.24, 2.45) is 0 Å². The van der Waals surface area contributed by atoms with E-state index in [1.165, 1.54) is 3.56 Å². The van der Waals surface area contributed by atoms with E-state index in [1.54, 1.807) is 12.1 Å². The Bertz CT molecular complexity index is 846. The van der Waals surface area contributed by atoms with Gasteiger partial charge >= 0.3 is 106 Å². The molecule has 18 heavy (non-hydrogen) atoms. The molecule has 3 rings (SSSR count). The summed E-state index contributed by atoms with van der Waals surface area (Å²) in [5.74, 6) is -0.311. The summed E-state index contributed by atoms with van der Waals surface area (Å²) >= 11 is -0.280. The molecule has 0 amide bonds. The Morgan fingerprint density at radius 1 is 1.28 bits per heavy atom. The molecule has 0 aliphatic carbocycles. The first-order valence-corrected chi connectivity index (χ1v) is 6.69. The molecule has 0 radical (unpaired) electrons. The Labute approximate surface area is 106 Å². The van der Waals surface area contributed by atoms with Crippen LogP contribution in [-0.2, 0) is 0 Å². The van der Waals surface area contributed by atoms with Gasteiger partial charge in [-0.3, -0.25) is 0 Å². The molecule has 0 saturated carbocycles. The number of hydrogen-bond donors (Lipinski definition) is 2. The fourth-order valence-corrected chi connectivity index (χ4v) is 3.62. The molecule has 2 N–H and O–H groups in total. The number of aromatic hydroxyl groups is 1. The minimum atomic E-state index is -0.489. The van der Waals surface area contributed by atoms with Crippen LogP contribution in [0.25, 0.3) is 15.6 Å². The third-order valence-corrected chi connectivity index (χ3v) is 4.65.